The number of carbonyl (C=O) groups is 2. The van der Waals surface area contributed by atoms with E-state index in [4.69, 9.17) is 4.74 Å². The molecule has 0 aliphatic carbocycles. The Balaban J connectivity index is 1.68. The molecule has 2 saturated heterocycles. The number of piperidine rings is 1. The molecular weight excluding hydrogens is 300 g/mol. The van der Waals surface area contributed by atoms with Crippen LogP contribution >= 0.6 is 0 Å². The number of fused-ring (bicyclic) bond motifs is 1. The number of hydrogen-bond acceptors (Lipinski definition) is 7. The number of likely N-dealkylation sites (tertiary alicyclic amines) is 2. The van der Waals surface area contributed by atoms with Crippen molar-refractivity contribution in [3.8, 4) is 0 Å². The molecule has 1 amide bonds. The summed E-state index contributed by atoms with van der Waals surface area (Å²) in [6.45, 7) is 3.16. The molecule has 126 valence electrons. The smallest absolute Gasteiger partial charge is 0.314 e. The Kier molecular flexibility index (Phi) is 4.29. The Morgan fingerprint density at radius 3 is 2.91 bits per heavy atom. The lowest BCUT2D eigenvalue weighted by molar-refractivity contribution is -0.157. The summed E-state index contributed by atoms with van der Waals surface area (Å²) in [5.41, 5.74) is -0.550. The van der Waals surface area contributed by atoms with Crippen molar-refractivity contribution in [3.63, 3.8) is 0 Å². The van der Waals surface area contributed by atoms with Gasteiger partial charge in [0, 0.05) is 32.0 Å². The molecule has 2 aliphatic rings. The fourth-order valence-corrected chi connectivity index (χ4v) is 3.73. The summed E-state index contributed by atoms with van der Waals surface area (Å²) in [7, 11) is 3.47. The van der Waals surface area contributed by atoms with Gasteiger partial charge in [-0.1, -0.05) is 0 Å². The van der Waals surface area contributed by atoms with Crippen LogP contribution in [-0.4, -0.2) is 82.2 Å². The third-order valence-corrected chi connectivity index (χ3v) is 5.06. The second-order valence-electron chi connectivity index (χ2n) is 6.45. The molecular formula is C14H22N6O3. The monoisotopic (exact) mass is 322 g/mol. The van der Waals surface area contributed by atoms with Gasteiger partial charge in [-0.2, -0.15) is 0 Å². The van der Waals surface area contributed by atoms with Crippen molar-refractivity contribution in [2.75, 3.05) is 40.3 Å². The van der Waals surface area contributed by atoms with Crippen molar-refractivity contribution in [1.29, 1.82) is 0 Å². The van der Waals surface area contributed by atoms with Crippen molar-refractivity contribution < 1.29 is 14.3 Å². The van der Waals surface area contributed by atoms with Gasteiger partial charge in [0.1, 0.15) is 6.33 Å². The predicted molar refractivity (Wildman–Crippen MR) is 79.1 cm³/mol. The first-order valence-corrected chi connectivity index (χ1v) is 7.80. The van der Waals surface area contributed by atoms with Gasteiger partial charge in [-0.25, -0.2) is 4.68 Å². The van der Waals surface area contributed by atoms with E-state index in [9.17, 15) is 9.59 Å². The van der Waals surface area contributed by atoms with Crippen molar-refractivity contribution >= 4 is 11.9 Å². The van der Waals surface area contributed by atoms with Gasteiger partial charge in [0.05, 0.1) is 19.1 Å². The second kappa shape index (κ2) is 6.23. The largest absolute Gasteiger partial charge is 0.469 e. The molecule has 0 N–H and O–H groups in total. The molecule has 9 nitrogen and oxygen atoms in total. The van der Waals surface area contributed by atoms with Crippen LogP contribution in [0.2, 0.25) is 0 Å². The van der Waals surface area contributed by atoms with Gasteiger partial charge in [0.15, 0.2) is 0 Å². The van der Waals surface area contributed by atoms with Gasteiger partial charge in [-0.05, 0) is 30.4 Å². The number of hydrogen-bond donors (Lipinski definition) is 0. The summed E-state index contributed by atoms with van der Waals surface area (Å²) >= 11 is 0. The average molecular weight is 322 g/mol. The van der Waals surface area contributed by atoms with Crippen LogP contribution in [0.4, 0.5) is 0 Å². The van der Waals surface area contributed by atoms with E-state index in [1.54, 1.807) is 4.90 Å². The molecule has 0 unspecified atom stereocenters. The fourth-order valence-electron chi connectivity index (χ4n) is 3.73. The Labute approximate surface area is 134 Å². The van der Waals surface area contributed by atoms with E-state index >= 15 is 0 Å². The third kappa shape index (κ3) is 2.92. The minimum Gasteiger partial charge on any atom is -0.469 e. The van der Waals surface area contributed by atoms with Crippen LogP contribution in [-0.2, 0) is 20.9 Å². The summed E-state index contributed by atoms with van der Waals surface area (Å²) in [6.07, 6.45) is 2.55. The minimum atomic E-state index is -0.550. The summed E-state index contributed by atoms with van der Waals surface area (Å²) in [5, 5.41) is 10.9. The molecule has 0 saturated carbocycles. The average Bonchev–Trinajstić information content (AvgIpc) is 3.19. The van der Waals surface area contributed by atoms with E-state index in [1.165, 1.54) is 18.1 Å². The van der Waals surface area contributed by atoms with Crippen molar-refractivity contribution in [2.45, 2.75) is 19.4 Å². The van der Waals surface area contributed by atoms with Crippen molar-refractivity contribution in [2.24, 2.45) is 11.3 Å². The minimum absolute atomic E-state index is 0.0285. The molecule has 0 radical (unpaired) electrons. The normalized spacial score (nSPS) is 27.7. The van der Waals surface area contributed by atoms with E-state index in [0.717, 1.165) is 19.5 Å². The molecule has 3 heterocycles. The van der Waals surface area contributed by atoms with Gasteiger partial charge >= 0.3 is 5.97 Å². The number of nitrogens with zero attached hydrogens (tertiary/aromatic N) is 6. The van der Waals surface area contributed by atoms with E-state index < -0.39 is 5.41 Å². The van der Waals surface area contributed by atoms with E-state index in [-0.39, 0.29) is 17.8 Å². The maximum atomic E-state index is 12.5. The molecule has 3 rings (SSSR count). The topological polar surface area (TPSA) is 93.5 Å². The number of methoxy groups -OCH3 is 1. The number of aryl methyl sites for hydroxylation is 1. The maximum Gasteiger partial charge on any atom is 0.314 e. The fraction of sp³-hybridized carbons (Fsp3) is 0.786. The highest BCUT2D eigenvalue weighted by Gasteiger charge is 2.55. The number of aromatic nitrogens is 4. The Morgan fingerprint density at radius 1 is 1.39 bits per heavy atom. The Bertz CT molecular complexity index is 577. The molecule has 2 aliphatic heterocycles. The second-order valence-corrected chi connectivity index (χ2v) is 6.45. The first-order chi connectivity index (χ1) is 11.0. The Morgan fingerprint density at radius 2 is 2.22 bits per heavy atom. The zero-order chi connectivity index (χ0) is 16.4. The van der Waals surface area contributed by atoms with Gasteiger partial charge in [0.25, 0.3) is 0 Å². The van der Waals surface area contributed by atoms with Gasteiger partial charge in [-0.15, -0.1) is 5.10 Å². The van der Waals surface area contributed by atoms with Crippen molar-refractivity contribution in [1.82, 2.24) is 30.0 Å². The van der Waals surface area contributed by atoms with E-state index in [1.807, 2.05) is 7.05 Å². The summed E-state index contributed by atoms with van der Waals surface area (Å²) in [4.78, 5) is 28.9. The number of esters is 1. The maximum absolute atomic E-state index is 12.5. The summed E-state index contributed by atoms with van der Waals surface area (Å²) in [6, 6.07) is 0. The molecule has 1 aromatic rings. The SMILES string of the molecule is COC(=O)[C@@]12CCN(C)C[C@@H]1CN(C(=O)CCn1cnnn1)C2. The lowest BCUT2D eigenvalue weighted by Gasteiger charge is -2.39. The van der Waals surface area contributed by atoms with Crippen LogP contribution in [0, 0.1) is 11.3 Å². The number of amides is 1. The van der Waals surface area contributed by atoms with E-state index in [0.29, 0.717) is 26.1 Å². The highest BCUT2D eigenvalue weighted by atomic mass is 16.5. The Hall–Kier alpha value is -2.03. The van der Waals surface area contributed by atoms with Crippen LogP contribution in [0.3, 0.4) is 0 Å². The predicted octanol–water partition coefficient (Wildman–Crippen LogP) is -0.983. The molecule has 0 bridgehead atoms. The molecule has 2 fully saturated rings. The van der Waals surface area contributed by atoms with Crippen LogP contribution < -0.4 is 0 Å². The molecule has 1 aromatic heterocycles. The number of carbonyl (C=O) groups excluding carboxylic acids is 2. The lowest BCUT2D eigenvalue weighted by atomic mass is 9.72. The molecule has 0 aromatic carbocycles. The highest BCUT2D eigenvalue weighted by molar-refractivity contribution is 5.82. The first-order valence-electron chi connectivity index (χ1n) is 7.80. The molecule has 0 spiro atoms. The highest BCUT2D eigenvalue weighted by Crippen LogP contribution is 2.43. The number of ether oxygens (including phenoxy) is 1. The summed E-state index contributed by atoms with van der Waals surface area (Å²) in [5.74, 6) is -0.0297. The molecule has 2 atom stereocenters. The quantitative estimate of drug-likeness (QED) is 0.657. The van der Waals surface area contributed by atoms with Crippen LogP contribution in [0.25, 0.3) is 0 Å². The van der Waals surface area contributed by atoms with E-state index in [2.05, 4.69) is 20.4 Å². The zero-order valence-electron chi connectivity index (χ0n) is 13.5. The van der Waals surface area contributed by atoms with Gasteiger partial charge in [0.2, 0.25) is 5.91 Å². The zero-order valence-corrected chi connectivity index (χ0v) is 13.5. The van der Waals surface area contributed by atoms with Gasteiger partial charge in [-0.3, -0.25) is 9.59 Å². The molecule has 9 heteroatoms. The number of rotatable bonds is 4. The van der Waals surface area contributed by atoms with Crippen LogP contribution in [0.15, 0.2) is 6.33 Å². The van der Waals surface area contributed by atoms with Crippen LogP contribution in [0.1, 0.15) is 12.8 Å². The lowest BCUT2D eigenvalue weighted by Crippen LogP contribution is -2.50. The molecule has 23 heavy (non-hydrogen) atoms. The van der Waals surface area contributed by atoms with Crippen molar-refractivity contribution in [3.05, 3.63) is 6.33 Å². The third-order valence-electron chi connectivity index (χ3n) is 5.06. The number of tetrazole rings is 1. The van der Waals surface area contributed by atoms with Gasteiger partial charge < -0.3 is 14.5 Å². The van der Waals surface area contributed by atoms with Crippen LogP contribution in [0.5, 0.6) is 0 Å². The first kappa shape index (κ1) is 15.9. The summed E-state index contributed by atoms with van der Waals surface area (Å²) < 4.78 is 6.58. The standard InChI is InChI=1S/C14H22N6O3/c1-18-6-4-14(13(22)23-2)9-19(8-11(14)7-18)12(21)3-5-20-10-15-16-17-20/h10-11H,3-9H2,1-2H3/t11-,14-/m1/s1.